The van der Waals surface area contributed by atoms with Gasteiger partial charge in [0.15, 0.2) is 0 Å². The van der Waals surface area contributed by atoms with E-state index in [4.69, 9.17) is 16.8 Å². The summed E-state index contributed by atoms with van der Waals surface area (Å²) in [6.45, 7) is 1.01. The number of H-pyrrole nitrogens is 1. The number of nitrogens with one attached hydrogen (secondary N) is 1. The molecule has 20 heavy (non-hydrogen) atoms. The normalized spacial score (nSPS) is 12.2. The van der Waals surface area contributed by atoms with Crippen LogP contribution in [0, 0.1) is 18.3 Å². The zero-order valence-electron chi connectivity index (χ0n) is 10.2. The second kappa shape index (κ2) is 5.87. The van der Waals surface area contributed by atoms with Crippen molar-refractivity contribution in [2.45, 2.75) is 18.1 Å². The molecule has 1 aromatic rings. The molecule has 0 bridgehead atoms. The standard InChI is InChI=1S/C10H10F3N5OS/c1-4-7(10(11,12)13)5(2-14)9(17-8(4)19)20-3-6(15)18-16/h3,16H2,1H3,(H2,15,18)(H,17,19). The van der Waals surface area contributed by atoms with E-state index in [1.807, 2.05) is 0 Å². The molecule has 0 saturated carbocycles. The maximum absolute atomic E-state index is 12.9. The molecule has 0 aliphatic rings. The van der Waals surface area contributed by atoms with Gasteiger partial charge < -0.3 is 16.6 Å². The second-order valence-electron chi connectivity index (χ2n) is 3.68. The molecular formula is C10H10F3N5OS. The first kappa shape index (κ1) is 15.9. The van der Waals surface area contributed by atoms with Crippen molar-refractivity contribution >= 4 is 17.6 Å². The van der Waals surface area contributed by atoms with E-state index in [9.17, 15) is 18.0 Å². The molecule has 1 rings (SSSR count). The Morgan fingerprint density at radius 2 is 2.15 bits per heavy atom. The second-order valence-corrected chi connectivity index (χ2v) is 4.66. The third-order valence-electron chi connectivity index (χ3n) is 2.35. The molecule has 1 heterocycles. The quantitative estimate of drug-likeness (QED) is 0.252. The lowest BCUT2D eigenvalue weighted by molar-refractivity contribution is -0.138. The summed E-state index contributed by atoms with van der Waals surface area (Å²) in [4.78, 5) is 13.7. The summed E-state index contributed by atoms with van der Waals surface area (Å²) in [6, 6.07) is 1.46. The average Bonchev–Trinajstić information content (AvgIpc) is 2.37. The zero-order chi connectivity index (χ0) is 15.5. The molecule has 0 radical (unpaired) electrons. The Balaban J connectivity index is 3.45. The number of nitrogens with zero attached hydrogens (tertiary/aromatic N) is 2. The number of hydrogen-bond donors (Lipinski definition) is 3. The number of hydrazone groups is 1. The van der Waals surface area contributed by atoms with Crippen molar-refractivity contribution in [2.24, 2.45) is 16.7 Å². The van der Waals surface area contributed by atoms with Gasteiger partial charge in [0.2, 0.25) is 0 Å². The molecule has 5 N–H and O–H groups in total. The van der Waals surface area contributed by atoms with Gasteiger partial charge >= 0.3 is 6.18 Å². The van der Waals surface area contributed by atoms with Gasteiger partial charge in [-0.05, 0) is 6.92 Å². The predicted molar refractivity (Wildman–Crippen MR) is 68.1 cm³/mol. The summed E-state index contributed by atoms with van der Waals surface area (Å²) < 4.78 is 38.8. The number of amidine groups is 1. The van der Waals surface area contributed by atoms with E-state index in [1.54, 1.807) is 0 Å². The van der Waals surface area contributed by atoms with Gasteiger partial charge in [-0.2, -0.15) is 23.5 Å². The zero-order valence-corrected chi connectivity index (χ0v) is 11.0. The van der Waals surface area contributed by atoms with Crippen molar-refractivity contribution in [3.05, 3.63) is 27.0 Å². The van der Waals surface area contributed by atoms with Crippen LogP contribution in [0.25, 0.3) is 0 Å². The van der Waals surface area contributed by atoms with Gasteiger partial charge in [0.25, 0.3) is 5.56 Å². The van der Waals surface area contributed by atoms with Gasteiger partial charge in [0, 0.05) is 5.56 Å². The van der Waals surface area contributed by atoms with Crippen molar-refractivity contribution in [2.75, 3.05) is 5.75 Å². The number of alkyl halides is 3. The molecule has 0 aromatic carbocycles. The van der Waals surface area contributed by atoms with Crippen LogP contribution in [0.15, 0.2) is 14.9 Å². The van der Waals surface area contributed by atoms with Crippen LogP contribution in [0.5, 0.6) is 0 Å². The van der Waals surface area contributed by atoms with E-state index in [1.165, 1.54) is 6.07 Å². The average molecular weight is 305 g/mol. The van der Waals surface area contributed by atoms with Gasteiger partial charge in [-0.3, -0.25) is 4.79 Å². The number of nitriles is 1. The minimum absolute atomic E-state index is 0.0335. The van der Waals surface area contributed by atoms with Gasteiger partial charge in [-0.25, -0.2) is 0 Å². The van der Waals surface area contributed by atoms with E-state index in [0.29, 0.717) is 0 Å². The molecular weight excluding hydrogens is 295 g/mol. The number of rotatable bonds is 3. The van der Waals surface area contributed by atoms with Crippen LogP contribution in [0.1, 0.15) is 16.7 Å². The smallest absolute Gasteiger partial charge is 0.385 e. The molecule has 0 amide bonds. The number of aromatic amines is 1. The molecule has 0 saturated heterocycles. The molecule has 0 spiro atoms. The number of nitrogens with two attached hydrogens (primary N) is 2. The summed E-state index contributed by atoms with van der Waals surface area (Å²) in [5.41, 5.74) is 1.95. The summed E-state index contributed by atoms with van der Waals surface area (Å²) in [5.74, 6) is 4.81. The fourth-order valence-corrected chi connectivity index (χ4v) is 2.25. The van der Waals surface area contributed by atoms with Gasteiger partial charge in [0.1, 0.15) is 11.9 Å². The molecule has 0 aliphatic heterocycles. The number of hydrogen-bond acceptors (Lipinski definition) is 5. The van der Waals surface area contributed by atoms with Crippen molar-refractivity contribution < 1.29 is 13.2 Å². The molecule has 0 fully saturated rings. The lowest BCUT2D eigenvalue weighted by Gasteiger charge is -2.14. The molecule has 108 valence electrons. The Bertz CT molecular complexity index is 644. The highest BCUT2D eigenvalue weighted by Crippen LogP contribution is 2.36. The molecule has 0 aliphatic carbocycles. The summed E-state index contributed by atoms with van der Waals surface area (Å²) in [6.07, 6.45) is -4.80. The summed E-state index contributed by atoms with van der Waals surface area (Å²) in [5, 5.41) is 11.9. The maximum atomic E-state index is 12.9. The summed E-state index contributed by atoms with van der Waals surface area (Å²) in [7, 11) is 0. The summed E-state index contributed by atoms with van der Waals surface area (Å²) >= 11 is 0.744. The molecule has 6 nitrogen and oxygen atoms in total. The highest BCUT2D eigenvalue weighted by molar-refractivity contribution is 8.00. The van der Waals surface area contributed by atoms with Crippen molar-refractivity contribution in [3.63, 3.8) is 0 Å². The van der Waals surface area contributed by atoms with E-state index in [-0.39, 0.29) is 16.6 Å². The minimum Gasteiger partial charge on any atom is -0.385 e. The Labute approximate surface area is 115 Å². The first-order chi connectivity index (χ1) is 9.22. The fraction of sp³-hybridized carbons (Fsp3) is 0.300. The van der Waals surface area contributed by atoms with Crippen LogP contribution in [0.4, 0.5) is 13.2 Å². The number of pyridine rings is 1. The van der Waals surface area contributed by atoms with Crippen LogP contribution in [0.3, 0.4) is 0 Å². The molecule has 10 heteroatoms. The van der Waals surface area contributed by atoms with E-state index in [2.05, 4.69) is 10.1 Å². The minimum atomic E-state index is -4.80. The molecule has 1 aromatic heterocycles. The van der Waals surface area contributed by atoms with Gasteiger partial charge in [-0.15, -0.1) is 0 Å². The van der Waals surface area contributed by atoms with Crippen LogP contribution < -0.4 is 17.1 Å². The number of thioether (sulfide) groups is 1. The van der Waals surface area contributed by atoms with Crippen LogP contribution in [-0.2, 0) is 6.18 Å². The molecule has 0 unspecified atom stereocenters. The van der Waals surface area contributed by atoms with Crippen molar-refractivity contribution in [1.82, 2.24) is 4.98 Å². The topological polar surface area (TPSA) is 121 Å². The Morgan fingerprint density at radius 3 is 2.60 bits per heavy atom. The SMILES string of the molecule is Cc1c(C(F)(F)F)c(C#N)c(SCC(N)=NN)[nH]c1=O. The largest absolute Gasteiger partial charge is 0.418 e. The van der Waals surface area contributed by atoms with E-state index < -0.39 is 28.4 Å². The fourth-order valence-electron chi connectivity index (χ4n) is 1.43. The Kier molecular flexibility index (Phi) is 4.67. The number of halogens is 3. The predicted octanol–water partition coefficient (Wildman–Crippen LogP) is 0.897. The third kappa shape index (κ3) is 3.24. The highest BCUT2D eigenvalue weighted by atomic mass is 32.2. The van der Waals surface area contributed by atoms with Gasteiger partial charge in [0.05, 0.1) is 21.9 Å². The van der Waals surface area contributed by atoms with Crippen LogP contribution >= 0.6 is 11.8 Å². The van der Waals surface area contributed by atoms with Crippen LogP contribution in [0.2, 0.25) is 0 Å². The molecule has 0 atom stereocenters. The van der Waals surface area contributed by atoms with Gasteiger partial charge in [-0.1, -0.05) is 11.8 Å². The maximum Gasteiger partial charge on any atom is 0.418 e. The third-order valence-corrected chi connectivity index (χ3v) is 3.38. The highest BCUT2D eigenvalue weighted by Gasteiger charge is 2.38. The van der Waals surface area contributed by atoms with E-state index >= 15 is 0 Å². The lowest BCUT2D eigenvalue weighted by atomic mass is 10.1. The monoisotopic (exact) mass is 305 g/mol. The van der Waals surface area contributed by atoms with Crippen molar-refractivity contribution in [1.29, 1.82) is 5.26 Å². The Morgan fingerprint density at radius 1 is 1.55 bits per heavy atom. The lowest BCUT2D eigenvalue weighted by Crippen LogP contribution is -2.22. The first-order valence-corrected chi connectivity index (χ1v) is 6.10. The first-order valence-electron chi connectivity index (χ1n) is 5.11. The Hall–Kier alpha value is -2.15. The van der Waals surface area contributed by atoms with Crippen molar-refractivity contribution in [3.8, 4) is 6.07 Å². The number of aromatic nitrogens is 1. The van der Waals surface area contributed by atoms with E-state index in [0.717, 1.165) is 18.7 Å². The van der Waals surface area contributed by atoms with Crippen LogP contribution in [-0.4, -0.2) is 16.6 Å².